The van der Waals surface area contributed by atoms with Crippen LogP contribution >= 0.6 is 0 Å². The number of carbonyl (C=O) groups excluding carboxylic acids is 1. The van der Waals surface area contributed by atoms with Crippen LogP contribution in [0.2, 0.25) is 0 Å². The highest BCUT2D eigenvalue weighted by atomic mass is 16.3. The van der Waals surface area contributed by atoms with Gasteiger partial charge in [-0.3, -0.25) is 9.78 Å². The Bertz CT molecular complexity index is 299. The van der Waals surface area contributed by atoms with Crippen molar-refractivity contribution >= 4 is 5.91 Å². The minimum atomic E-state index is -0.203. The summed E-state index contributed by atoms with van der Waals surface area (Å²) in [7, 11) is 0. The van der Waals surface area contributed by atoms with Crippen molar-refractivity contribution in [3.8, 4) is 5.75 Å². The number of hydrogen-bond acceptors (Lipinski definition) is 3. The number of aromatic nitrogens is 1. The maximum absolute atomic E-state index is 11.3. The van der Waals surface area contributed by atoms with Crippen molar-refractivity contribution in [3.63, 3.8) is 0 Å². The van der Waals surface area contributed by atoms with Gasteiger partial charge in [-0.15, -0.1) is 0 Å². The third-order valence-electron chi connectivity index (χ3n) is 1.52. The Morgan fingerprint density at radius 1 is 1.62 bits per heavy atom. The molecule has 70 valence electrons. The Balaban J connectivity index is 2.66. The number of nitrogens with one attached hydrogen (secondary N) is 1. The lowest BCUT2D eigenvalue weighted by Crippen LogP contribution is -2.23. The van der Waals surface area contributed by atoms with E-state index in [0.29, 0.717) is 12.1 Å². The average Bonchev–Trinajstić information content (AvgIpc) is 2.14. The van der Waals surface area contributed by atoms with Gasteiger partial charge in [-0.2, -0.15) is 0 Å². The highest BCUT2D eigenvalue weighted by molar-refractivity contribution is 5.94. The molecule has 1 amide bonds. The summed E-state index contributed by atoms with van der Waals surface area (Å²) in [4.78, 5) is 15.0. The molecule has 4 heteroatoms. The molecule has 1 heterocycles. The van der Waals surface area contributed by atoms with Gasteiger partial charge in [0.2, 0.25) is 0 Å². The van der Waals surface area contributed by atoms with Crippen LogP contribution in [-0.2, 0) is 0 Å². The maximum atomic E-state index is 11.3. The van der Waals surface area contributed by atoms with Crippen molar-refractivity contribution in [1.29, 1.82) is 0 Å². The number of rotatable bonds is 3. The van der Waals surface area contributed by atoms with E-state index in [1.807, 2.05) is 6.92 Å². The summed E-state index contributed by atoms with van der Waals surface area (Å²) < 4.78 is 0. The summed E-state index contributed by atoms with van der Waals surface area (Å²) in [6.45, 7) is 2.61. The van der Waals surface area contributed by atoms with E-state index in [0.717, 1.165) is 6.42 Å². The van der Waals surface area contributed by atoms with Gasteiger partial charge in [-0.1, -0.05) is 6.92 Å². The summed E-state index contributed by atoms with van der Waals surface area (Å²) in [5.41, 5.74) is 0.383. The fourth-order valence-corrected chi connectivity index (χ4v) is 0.893. The molecule has 0 aliphatic heterocycles. The molecule has 0 aliphatic rings. The minimum Gasteiger partial charge on any atom is -0.506 e. The number of hydrogen-bond donors (Lipinski definition) is 2. The smallest absolute Gasteiger partial charge is 0.252 e. The van der Waals surface area contributed by atoms with Crippen LogP contribution in [0.4, 0.5) is 0 Å². The number of pyridine rings is 1. The van der Waals surface area contributed by atoms with Crippen molar-refractivity contribution in [1.82, 2.24) is 10.3 Å². The average molecular weight is 180 g/mol. The molecule has 4 nitrogen and oxygen atoms in total. The monoisotopic (exact) mass is 180 g/mol. The topological polar surface area (TPSA) is 62.2 Å². The third-order valence-corrected chi connectivity index (χ3v) is 1.52. The molecule has 0 aromatic carbocycles. The van der Waals surface area contributed by atoms with E-state index in [9.17, 15) is 4.79 Å². The first kappa shape index (κ1) is 9.51. The number of carbonyl (C=O) groups is 1. The maximum Gasteiger partial charge on any atom is 0.252 e. The zero-order valence-electron chi connectivity index (χ0n) is 7.45. The van der Waals surface area contributed by atoms with Gasteiger partial charge >= 0.3 is 0 Å². The Morgan fingerprint density at radius 2 is 2.38 bits per heavy atom. The molecular weight excluding hydrogens is 168 g/mol. The van der Waals surface area contributed by atoms with Crippen LogP contribution in [0.25, 0.3) is 0 Å². The second-order valence-corrected chi connectivity index (χ2v) is 2.69. The predicted octanol–water partition coefficient (Wildman–Crippen LogP) is 0.927. The molecule has 0 spiro atoms. The van der Waals surface area contributed by atoms with E-state index in [1.165, 1.54) is 18.5 Å². The van der Waals surface area contributed by atoms with Crippen LogP contribution in [0, 0.1) is 0 Å². The van der Waals surface area contributed by atoms with Gasteiger partial charge in [-0.05, 0) is 12.5 Å². The Morgan fingerprint density at radius 3 is 3.00 bits per heavy atom. The molecule has 0 aliphatic carbocycles. The van der Waals surface area contributed by atoms with Crippen molar-refractivity contribution in [2.75, 3.05) is 6.54 Å². The zero-order valence-corrected chi connectivity index (χ0v) is 7.45. The van der Waals surface area contributed by atoms with Gasteiger partial charge in [0.25, 0.3) is 5.91 Å². The minimum absolute atomic E-state index is 0.00384. The standard InChI is InChI=1S/C9H12N2O2/c1-2-3-11-9(13)7-4-8(12)6-10-5-7/h4-6,12H,2-3H2,1H3,(H,11,13). The molecule has 0 fully saturated rings. The van der Waals surface area contributed by atoms with E-state index >= 15 is 0 Å². The molecule has 2 N–H and O–H groups in total. The molecule has 0 saturated carbocycles. The van der Waals surface area contributed by atoms with Gasteiger partial charge in [0.05, 0.1) is 11.8 Å². The zero-order chi connectivity index (χ0) is 9.68. The van der Waals surface area contributed by atoms with Crippen LogP contribution in [0.15, 0.2) is 18.5 Å². The normalized spacial score (nSPS) is 9.62. The third kappa shape index (κ3) is 2.74. The van der Waals surface area contributed by atoms with E-state index in [4.69, 9.17) is 5.11 Å². The highest BCUT2D eigenvalue weighted by Crippen LogP contribution is 2.07. The SMILES string of the molecule is CCCNC(=O)c1cncc(O)c1. The summed E-state index contributed by atoms with van der Waals surface area (Å²) in [5, 5.41) is 11.7. The molecule has 0 bridgehead atoms. The summed E-state index contributed by atoms with van der Waals surface area (Å²) in [6.07, 6.45) is 3.60. The van der Waals surface area contributed by atoms with Crippen molar-refractivity contribution in [2.45, 2.75) is 13.3 Å². The number of aromatic hydroxyl groups is 1. The Kier molecular flexibility index (Phi) is 3.25. The summed E-state index contributed by atoms with van der Waals surface area (Å²) in [5.74, 6) is -0.200. The first-order valence-electron chi connectivity index (χ1n) is 4.16. The van der Waals surface area contributed by atoms with E-state index < -0.39 is 0 Å². The van der Waals surface area contributed by atoms with E-state index in [1.54, 1.807) is 0 Å². The Labute approximate surface area is 76.6 Å². The predicted molar refractivity (Wildman–Crippen MR) is 48.5 cm³/mol. The van der Waals surface area contributed by atoms with Crippen LogP contribution in [0.5, 0.6) is 5.75 Å². The van der Waals surface area contributed by atoms with Gasteiger partial charge in [0.1, 0.15) is 5.75 Å². The molecule has 13 heavy (non-hydrogen) atoms. The number of nitrogens with zero attached hydrogens (tertiary/aromatic N) is 1. The molecule has 1 rings (SSSR count). The molecule has 0 radical (unpaired) electrons. The largest absolute Gasteiger partial charge is 0.506 e. The van der Waals surface area contributed by atoms with Gasteiger partial charge in [0, 0.05) is 12.7 Å². The van der Waals surface area contributed by atoms with Gasteiger partial charge in [-0.25, -0.2) is 0 Å². The van der Waals surface area contributed by atoms with Crippen molar-refractivity contribution in [3.05, 3.63) is 24.0 Å². The molecule has 0 atom stereocenters. The fourth-order valence-electron chi connectivity index (χ4n) is 0.893. The van der Waals surface area contributed by atoms with Crippen molar-refractivity contribution < 1.29 is 9.90 Å². The summed E-state index contributed by atoms with van der Waals surface area (Å²) in [6, 6.07) is 1.39. The van der Waals surface area contributed by atoms with Crippen LogP contribution in [-0.4, -0.2) is 22.5 Å². The molecular formula is C9H12N2O2. The molecule has 1 aromatic heterocycles. The van der Waals surface area contributed by atoms with Gasteiger partial charge in [0.15, 0.2) is 0 Å². The summed E-state index contributed by atoms with van der Waals surface area (Å²) >= 11 is 0. The lowest BCUT2D eigenvalue weighted by Gasteiger charge is -2.02. The highest BCUT2D eigenvalue weighted by Gasteiger charge is 2.04. The number of amides is 1. The van der Waals surface area contributed by atoms with E-state index in [-0.39, 0.29) is 11.7 Å². The van der Waals surface area contributed by atoms with E-state index in [2.05, 4.69) is 10.3 Å². The second-order valence-electron chi connectivity index (χ2n) is 2.69. The van der Waals surface area contributed by atoms with Crippen LogP contribution < -0.4 is 5.32 Å². The fraction of sp³-hybridized carbons (Fsp3) is 0.333. The van der Waals surface area contributed by atoms with Crippen molar-refractivity contribution in [2.24, 2.45) is 0 Å². The van der Waals surface area contributed by atoms with Gasteiger partial charge < -0.3 is 10.4 Å². The second kappa shape index (κ2) is 4.45. The first-order chi connectivity index (χ1) is 6.24. The molecule has 0 saturated heterocycles. The Hall–Kier alpha value is -1.58. The first-order valence-corrected chi connectivity index (χ1v) is 4.16. The lowest BCUT2D eigenvalue weighted by molar-refractivity contribution is 0.0953. The lowest BCUT2D eigenvalue weighted by atomic mass is 10.2. The molecule has 1 aromatic rings. The van der Waals surface area contributed by atoms with Crippen LogP contribution in [0.1, 0.15) is 23.7 Å². The quantitative estimate of drug-likeness (QED) is 0.727. The molecule has 0 unspecified atom stereocenters. The van der Waals surface area contributed by atoms with Crippen LogP contribution in [0.3, 0.4) is 0 Å².